The van der Waals surface area contributed by atoms with Gasteiger partial charge in [-0.05, 0) is 4.99 Å². The normalized spacial score (nSPS) is 6.50. The first kappa shape index (κ1) is 5.38. The molecule has 0 amide bonds. The summed E-state index contributed by atoms with van der Waals surface area (Å²) in [7, 11) is 5.46. The molecule has 0 atom stereocenters. The first-order chi connectivity index (χ1) is 2.77. The van der Waals surface area contributed by atoms with Crippen molar-refractivity contribution >= 4 is 6.01 Å². The minimum absolute atomic E-state index is 1.69. The predicted octanol–water partition coefficient (Wildman–Crippen LogP) is 0.0622. The van der Waals surface area contributed by atoms with E-state index in [1.165, 1.54) is 0 Å². The Labute approximate surface area is 37.8 Å². The van der Waals surface area contributed by atoms with E-state index in [0.29, 0.717) is 0 Å². The first-order valence-electron chi connectivity index (χ1n) is 1.79. The van der Waals surface area contributed by atoms with Crippen LogP contribution in [0.2, 0.25) is 0 Å². The van der Waals surface area contributed by atoms with Crippen LogP contribution in [0.25, 0.3) is 0 Å². The van der Waals surface area contributed by atoms with Crippen LogP contribution in [0.5, 0.6) is 0 Å². The predicted molar refractivity (Wildman–Crippen MR) is 25.5 cm³/mol. The van der Waals surface area contributed by atoms with Crippen LogP contribution in [0.4, 0.5) is 0 Å². The van der Waals surface area contributed by atoms with E-state index in [4.69, 9.17) is 0 Å². The molecular formula is C4H9N2+. The van der Waals surface area contributed by atoms with Crippen molar-refractivity contribution in [2.75, 3.05) is 21.1 Å². The van der Waals surface area contributed by atoms with Gasteiger partial charge >= 0.3 is 6.01 Å². The lowest BCUT2D eigenvalue weighted by molar-refractivity contribution is -0.457. The molecule has 2 heteroatoms. The van der Waals surface area contributed by atoms with Gasteiger partial charge in [0.15, 0.2) is 0 Å². The van der Waals surface area contributed by atoms with E-state index in [9.17, 15) is 0 Å². The Hall–Kier alpha value is -0.620. The third-order valence-corrected chi connectivity index (χ3v) is 0.300. The molecule has 0 fully saturated rings. The standard InChI is InChI=1S/C4H9N2/c1-5-4-6(2)3/h1-3H3/q+1. The zero-order valence-corrected chi connectivity index (χ0v) is 4.39. The van der Waals surface area contributed by atoms with Crippen LogP contribution >= 0.6 is 0 Å². The van der Waals surface area contributed by atoms with E-state index in [1.54, 1.807) is 11.6 Å². The van der Waals surface area contributed by atoms with Crippen molar-refractivity contribution in [1.29, 1.82) is 0 Å². The maximum atomic E-state index is 3.61. The van der Waals surface area contributed by atoms with E-state index in [-0.39, 0.29) is 0 Å². The molecule has 0 heterocycles. The van der Waals surface area contributed by atoms with Gasteiger partial charge in [0.2, 0.25) is 0 Å². The molecule has 0 aromatic heterocycles. The van der Waals surface area contributed by atoms with Gasteiger partial charge in [-0.2, -0.15) is 0 Å². The summed E-state index contributed by atoms with van der Waals surface area (Å²) in [5.74, 6) is 0. The SMILES string of the molecule is CN=C=[N+](C)C. The lowest BCUT2D eigenvalue weighted by atomic mass is 11.1. The minimum Gasteiger partial charge on any atom is -0.225 e. The van der Waals surface area contributed by atoms with Crippen LogP contribution in [0.3, 0.4) is 0 Å². The molecule has 0 N–H and O–H groups in total. The summed E-state index contributed by atoms with van der Waals surface area (Å²) in [4.78, 5) is 3.61. The molecule has 0 aromatic carbocycles. The van der Waals surface area contributed by atoms with Crippen LogP contribution in [0.1, 0.15) is 0 Å². The fourth-order valence-corrected chi connectivity index (χ4v) is 0.200. The summed E-state index contributed by atoms with van der Waals surface area (Å²) in [6.45, 7) is 0. The molecule has 0 rings (SSSR count). The van der Waals surface area contributed by atoms with Crippen LogP contribution in [-0.4, -0.2) is 31.7 Å². The van der Waals surface area contributed by atoms with Crippen molar-refractivity contribution in [2.45, 2.75) is 0 Å². The van der Waals surface area contributed by atoms with Crippen molar-refractivity contribution in [1.82, 2.24) is 0 Å². The van der Waals surface area contributed by atoms with Gasteiger partial charge in [-0.25, -0.2) is 4.58 Å². The van der Waals surface area contributed by atoms with E-state index in [0.717, 1.165) is 0 Å². The summed E-state index contributed by atoms with van der Waals surface area (Å²) in [6, 6.07) is 2.67. The molecule has 2 nitrogen and oxygen atoms in total. The van der Waals surface area contributed by atoms with E-state index >= 15 is 0 Å². The molecule has 0 aromatic rings. The fourth-order valence-electron chi connectivity index (χ4n) is 0.200. The fraction of sp³-hybridized carbons (Fsp3) is 0.750. The molecule has 0 saturated heterocycles. The molecule has 0 spiro atoms. The van der Waals surface area contributed by atoms with E-state index < -0.39 is 0 Å². The second-order valence-corrected chi connectivity index (χ2v) is 1.22. The molecule has 34 valence electrons. The van der Waals surface area contributed by atoms with Crippen LogP contribution in [0, 0.1) is 0 Å². The summed E-state index contributed by atoms with van der Waals surface area (Å²) in [5.41, 5.74) is 0. The second-order valence-electron chi connectivity index (χ2n) is 1.22. The van der Waals surface area contributed by atoms with E-state index in [1.807, 2.05) is 14.1 Å². The number of hydrogen-bond acceptors (Lipinski definition) is 1. The monoisotopic (exact) mass is 85.1 g/mol. The topological polar surface area (TPSA) is 15.4 Å². The van der Waals surface area contributed by atoms with Crippen molar-refractivity contribution in [3.05, 3.63) is 0 Å². The van der Waals surface area contributed by atoms with Crippen molar-refractivity contribution in [2.24, 2.45) is 4.99 Å². The maximum Gasteiger partial charge on any atom is 0.305 e. The Morgan fingerprint density at radius 2 is 2.00 bits per heavy atom. The highest BCUT2D eigenvalue weighted by Gasteiger charge is 1.65. The first-order valence-corrected chi connectivity index (χ1v) is 1.79. The van der Waals surface area contributed by atoms with Crippen molar-refractivity contribution in [3.8, 4) is 0 Å². The third kappa shape index (κ3) is 3.38. The molecule has 0 aliphatic rings. The molecule has 0 aliphatic carbocycles. The highest BCUT2D eigenvalue weighted by molar-refractivity contribution is 5.32. The van der Waals surface area contributed by atoms with Gasteiger partial charge in [-0.1, -0.05) is 0 Å². The molecule has 0 saturated carbocycles. The van der Waals surface area contributed by atoms with Gasteiger partial charge in [-0.3, -0.25) is 0 Å². The molecule has 0 unspecified atom stereocenters. The summed E-state index contributed by atoms with van der Waals surface area (Å²) in [5, 5.41) is 0. The van der Waals surface area contributed by atoms with Gasteiger partial charge in [0.1, 0.15) is 7.05 Å². The Kier molecular flexibility index (Phi) is 2.34. The zero-order valence-electron chi connectivity index (χ0n) is 4.39. The Balaban J connectivity index is 3.73. The Morgan fingerprint density at radius 1 is 1.50 bits per heavy atom. The molecular weight excluding hydrogens is 76.1 g/mol. The van der Waals surface area contributed by atoms with Gasteiger partial charge in [0.05, 0.1) is 14.1 Å². The summed E-state index contributed by atoms with van der Waals surface area (Å²) in [6.07, 6.45) is 0. The lowest BCUT2D eigenvalue weighted by Gasteiger charge is -1.68. The quantitative estimate of drug-likeness (QED) is 0.292. The number of nitrogens with zero attached hydrogens (tertiary/aromatic N) is 2. The van der Waals surface area contributed by atoms with Gasteiger partial charge < -0.3 is 0 Å². The molecule has 6 heavy (non-hydrogen) atoms. The highest BCUT2D eigenvalue weighted by atomic mass is 14.9. The largest absolute Gasteiger partial charge is 0.305 e. The highest BCUT2D eigenvalue weighted by Crippen LogP contribution is 1.43. The molecule has 0 aliphatic heterocycles. The Morgan fingerprint density at radius 3 is 2.00 bits per heavy atom. The van der Waals surface area contributed by atoms with Gasteiger partial charge in [0, 0.05) is 0 Å². The second kappa shape index (κ2) is 2.61. The number of rotatable bonds is 0. The minimum atomic E-state index is 1.69. The summed E-state index contributed by atoms with van der Waals surface area (Å²) >= 11 is 0. The smallest absolute Gasteiger partial charge is 0.225 e. The number of hydrogen-bond donors (Lipinski definition) is 0. The molecule has 0 bridgehead atoms. The van der Waals surface area contributed by atoms with Crippen LogP contribution in [0.15, 0.2) is 4.99 Å². The van der Waals surface area contributed by atoms with Crippen LogP contribution in [-0.2, 0) is 0 Å². The Bertz CT molecular complexity index is 83.7. The maximum absolute atomic E-state index is 3.61. The summed E-state index contributed by atoms with van der Waals surface area (Å²) < 4.78 is 1.76. The molecule has 0 radical (unpaired) electrons. The average Bonchev–Trinajstić information content (AvgIpc) is 1.35. The van der Waals surface area contributed by atoms with Crippen molar-refractivity contribution < 1.29 is 4.58 Å². The van der Waals surface area contributed by atoms with Crippen molar-refractivity contribution in [3.63, 3.8) is 0 Å². The lowest BCUT2D eigenvalue weighted by Crippen LogP contribution is -1.90. The average molecular weight is 85.1 g/mol. The number of aliphatic imine (C=N–C) groups is 1. The third-order valence-electron chi connectivity index (χ3n) is 0.300. The van der Waals surface area contributed by atoms with Gasteiger partial charge in [-0.15, -0.1) is 0 Å². The van der Waals surface area contributed by atoms with E-state index in [2.05, 4.69) is 11.0 Å². The zero-order chi connectivity index (χ0) is 4.99. The van der Waals surface area contributed by atoms with Gasteiger partial charge in [0.25, 0.3) is 0 Å². The van der Waals surface area contributed by atoms with Crippen LogP contribution < -0.4 is 0 Å².